The van der Waals surface area contributed by atoms with Crippen LogP contribution in [0, 0.1) is 0 Å². The molecule has 0 fully saturated rings. The minimum atomic E-state index is -0.0188. The Morgan fingerprint density at radius 2 is 1.18 bits per heavy atom. The first-order valence-electron chi connectivity index (χ1n) is 9.33. The van der Waals surface area contributed by atoms with Crippen LogP contribution in [0.25, 0.3) is 0 Å². The summed E-state index contributed by atoms with van der Waals surface area (Å²) < 4.78 is 0. The molecule has 22 heavy (non-hydrogen) atoms. The normalized spacial score (nSPS) is 10.9. The molecule has 0 aliphatic carbocycles. The topological polar surface area (TPSA) is 44.4 Å². The van der Waals surface area contributed by atoms with Gasteiger partial charge in [0.1, 0.15) is 0 Å². The molecule has 0 aliphatic heterocycles. The van der Waals surface area contributed by atoms with E-state index in [1.807, 2.05) is 14.1 Å². The summed E-state index contributed by atoms with van der Waals surface area (Å²) in [6.45, 7) is 4.83. The van der Waals surface area contributed by atoms with Crippen LogP contribution in [0.5, 0.6) is 0 Å². The number of nitrogens with one attached hydrogen (secondary N) is 2. The van der Waals surface area contributed by atoms with Gasteiger partial charge in [-0.1, -0.05) is 64.7 Å². The molecule has 132 valence electrons. The number of carbonyl (C=O) groups excluding carboxylic acids is 1. The number of carbonyl (C=O) groups is 1. The molecule has 0 heterocycles. The van der Waals surface area contributed by atoms with Crippen LogP contribution < -0.4 is 10.6 Å². The number of nitrogens with zero attached hydrogens (tertiary/aromatic N) is 1. The van der Waals surface area contributed by atoms with E-state index in [2.05, 4.69) is 22.5 Å². The third-order valence-electron chi connectivity index (χ3n) is 3.88. The van der Waals surface area contributed by atoms with Crippen molar-refractivity contribution in [2.75, 3.05) is 33.7 Å². The van der Waals surface area contributed by atoms with Gasteiger partial charge in [-0.3, -0.25) is 0 Å². The van der Waals surface area contributed by atoms with Gasteiger partial charge in [0.2, 0.25) is 0 Å². The van der Waals surface area contributed by atoms with Crippen molar-refractivity contribution in [3.63, 3.8) is 0 Å². The van der Waals surface area contributed by atoms with E-state index in [1.165, 1.54) is 57.8 Å². The zero-order chi connectivity index (χ0) is 16.5. The molecule has 4 heteroatoms. The molecule has 0 rings (SSSR count). The molecule has 0 aromatic heterocycles. The fourth-order valence-corrected chi connectivity index (χ4v) is 2.47. The van der Waals surface area contributed by atoms with Gasteiger partial charge in [-0.05, 0) is 33.5 Å². The molecule has 0 unspecified atom stereocenters. The van der Waals surface area contributed by atoms with Gasteiger partial charge in [-0.15, -0.1) is 0 Å². The molecule has 2 amide bonds. The molecular weight excluding hydrogens is 274 g/mol. The largest absolute Gasteiger partial charge is 0.338 e. The van der Waals surface area contributed by atoms with E-state index in [0.717, 1.165) is 32.5 Å². The minimum Gasteiger partial charge on any atom is -0.338 e. The van der Waals surface area contributed by atoms with Gasteiger partial charge in [0.05, 0.1) is 0 Å². The van der Waals surface area contributed by atoms with E-state index < -0.39 is 0 Å². The zero-order valence-corrected chi connectivity index (χ0v) is 15.3. The first-order valence-corrected chi connectivity index (χ1v) is 9.33. The van der Waals surface area contributed by atoms with Crippen molar-refractivity contribution in [1.29, 1.82) is 0 Å². The first kappa shape index (κ1) is 21.2. The van der Waals surface area contributed by atoms with Gasteiger partial charge >= 0.3 is 6.03 Å². The predicted octanol–water partition coefficient (Wildman–Crippen LogP) is 4.16. The maximum atomic E-state index is 11.5. The summed E-state index contributed by atoms with van der Waals surface area (Å²) in [4.78, 5) is 13.6. The predicted molar refractivity (Wildman–Crippen MR) is 96.4 cm³/mol. The Balaban J connectivity index is 3.14. The van der Waals surface area contributed by atoms with Gasteiger partial charge in [0, 0.05) is 13.1 Å². The molecule has 0 aromatic rings. The lowest BCUT2D eigenvalue weighted by atomic mass is 10.1. The smallest absolute Gasteiger partial charge is 0.314 e. The highest BCUT2D eigenvalue weighted by molar-refractivity contribution is 5.73. The lowest BCUT2D eigenvalue weighted by molar-refractivity contribution is 0.240. The standard InChI is InChI=1S/C18H39N3O/c1-4-5-6-7-8-9-10-11-12-13-15-19-18(22)20-16-14-17-21(2)3/h4-17H2,1-3H3,(H2,19,20,22). The van der Waals surface area contributed by atoms with Gasteiger partial charge in [-0.25, -0.2) is 4.79 Å². The van der Waals surface area contributed by atoms with Crippen LogP contribution in [0.4, 0.5) is 4.79 Å². The monoisotopic (exact) mass is 313 g/mol. The summed E-state index contributed by atoms with van der Waals surface area (Å²) in [5.74, 6) is 0. The van der Waals surface area contributed by atoms with Gasteiger partial charge in [0.15, 0.2) is 0 Å². The Labute approximate surface area is 138 Å². The van der Waals surface area contributed by atoms with Crippen LogP contribution in [-0.4, -0.2) is 44.7 Å². The number of rotatable bonds is 15. The lowest BCUT2D eigenvalue weighted by Gasteiger charge is -2.10. The molecule has 2 N–H and O–H groups in total. The highest BCUT2D eigenvalue weighted by atomic mass is 16.2. The SMILES string of the molecule is CCCCCCCCCCCCNC(=O)NCCCN(C)C. The van der Waals surface area contributed by atoms with Crippen molar-refractivity contribution in [3.05, 3.63) is 0 Å². The Kier molecular flexibility index (Phi) is 16.0. The molecule has 0 atom stereocenters. The summed E-state index contributed by atoms with van der Waals surface area (Å²) in [5.41, 5.74) is 0. The average Bonchev–Trinajstić information content (AvgIpc) is 2.49. The second-order valence-electron chi connectivity index (χ2n) is 6.52. The van der Waals surface area contributed by atoms with Gasteiger partial charge in [-0.2, -0.15) is 0 Å². The van der Waals surface area contributed by atoms with E-state index in [4.69, 9.17) is 0 Å². The molecule has 0 saturated carbocycles. The Morgan fingerprint density at radius 1 is 0.727 bits per heavy atom. The number of hydrogen-bond donors (Lipinski definition) is 2. The average molecular weight is 314 g/mol. The number of unbranched alkanes of at least 4 members (excludes halogenated alkanes) is 9. The fourth-order valence-electron chi connectivity index (χ4n) is 2.47. The van der Waals surface area contributed by atoms with Crippen LogP contribution in [0.3, 0.4) is 0 Å². The molecule has 0 aliphatic rings. The highest BCUT2D eigenvalue weighted by Crippen LogP contribution is 2.10. The quantitative estimate of drug-likeness (QED) is 0.446. The zero-order valence-electron chi connectivity index (χ0n) is 15.3. The summed E-state index contributed by atoms with van der Waals surface area (Å²) in [5, 5.41) is 5.83. The van der Waals surface area contributed by atoms with Crippen molar-refractivity contribution < 1.29 is 4.79 Å². The van der Waals surface area contributed by atoms with Crippen LogP contribution in [0.15, 0.2) is 0 Å². The molecule has 4 nitrogen and oxygen atoms in total. The summed E-state index contributed by atoms with van der Waals surface area (Å²) in [6.07, 6.45) is 14.3. The van der Waals surface area contributed by atoms with E-state index >= 15 is 0 Å². The lowest BCUT2D eigenvalue weighted by Crippen LogP contribution is -2.37. The van der Waals surface area contributed by atoms with E-state index in [9.17, 15) is 4.79 Å². The van der Waals surface area contributed by atoms with Crippen molar-refractivity contribution in [3.8, 4) is 0 Å². The molecule has 0 saturated heterocycles. The summed E-state index contributed by atoms with van der Waals surface area (Å²) >= 11 is 0. The third kappa shape index (κ3) is 17.3. The molecule has 0 aromatic carbocycles. The second-order valence-corrected chi connectivity index (χ2v) is 6.52. The highest BCUT2D eigenvalue weighted by Gasteiger charge is 1.99. The van der Waals surface area contributed by atoms with Crippen molar-refractivity contribution in [2.45, 2.75) is 77.6 Å². The van der Waals surface area contributed by atoms with Gasteiger partial charge < -0.3 is 15.5 Å². The van der Waals surface area contributed by atoms with Crippen LogP contribution in [0.2, 0.25) is 0 Å². The first-order chi connectivity index (χ1) is 10.7. The molecule has 0 radical (unpaired) electrons. The molecular formula is C18H39N3O. The Morgan fingerprint density at radius 3 is 1.68 bits per heavy atom. The molecule has 0 bridgehead atoms. The maximum absolute atomic E-state index is 11.5. The van der Waals surface area contributed by atoms with E-state index in [1.54, 1.807) is 0 Å². The van der Waals surface area contributed by atoms with E-state index in [0.29, 0.717) is 0 Å². The number of hydrogen-bond acceptors (Lipinski definition) is 2. The van der Waals surface area contributed by atoms with Crippen molar-refractivity contribution in [2.24, 2.45) is 0 Å². The summed E-state index contributed by atoms with van der Waals surface area (Å²) in [7, 11) is 4.09. The second kappa shape index (κ2) is 16.6. The molecule has 0 spiro atoms. The minimum absolute atomic E-state index is 0.0188. The van der Waals surface area contributed by atoms with Crippen molar-refractivity contribution in [1.82, 2.24) is 15.5 Å². The van der Waals surface area contributed by atoms with Crippen LogP contribution in [0.1, 0.15) is 77.6 Å². The van der Waals surface area contributed by atoms with E-state index in [-0.39, 0.29) is 6.03 Å². The number of urea groups is 1. The van der Waals surface area contributed by atoms with Crippen molar-refractivity contribution >= 4 is 6.03 Å². The Hall–Kier alpha value is -0.770. The Bertz CT molecular complexity index is 244. The fraction of sp³-hybridized carbons (Fsp3) is 0.944. The van der Waals surface area contributed by atoms with Crippen LogP contribution in [-0.2, 0) is 0 Å². The van der Waals surface area contributed by atoms with Gasteiger partial charge in [0.25, 0.3) is 0 Å². The third-order valence-corrected chi connectivity index (χ3v) is 3.88. The maximum Gasteiger partial charge on any atom is 0.314 e. The number of amides is 2. The van der Waals surface area contributed by atoms with Crippen LogP contribution >= 0.6 is 0 Å². The summed E-state index contributed by atoms with van der Waals surface area (Å²) in [6, 6.07) is -0.0188.